The topological polar surface area (TPSA) is 110 Å². The van der Waals surface area contributed by atoms with Crippen LogP contribution >= 0.6 is 0 Å². The molecule has 0 aliphatic carbocycles. The quantitative estimate of drug-likeness (QED) is 0.760. The fraction of sp³-hybridized carbons (Fsp3) is 0.357. The van der Waals surface area contributed by atoms with Crippen LogP contribution < -0.4 is 10.6 Å². The number of carbonyl (C=O) groups excluding carboxylic acids is 1. The van der Waals surface area contributed by atoms with Crippen molar-refractivity contribution in [2.45, 2.75) is 33.2 Å². The molecule has 3 aromatic rings. The first kappa shape index (κ1) is 14.9. The van der Waals surface area contributed by atoms with E-state index in [1.54, 1.807) is 12.1 Å². The lowest BCUT2D eigenvalue weighted by Gasteiger charge is -2.20. The van der Waals surface area contributed by atoms with Crippen LogP contribution in [-0.2, 0) is 4.79 Å². The van der Waals surface area contributed by atoms with E-state index in [4.69, 9.17) is 4.42 Å². The summed E-state index contributed by atoms with van der Waals surface area (Å²) in [5.41, 5.74) is -0.240. The van der Waals surface area contributed by atoms with Gasteiger partial charge in [0.25, 0.3) is 5.78 Å². The number of amides is 1. The van der Waals surface area contributed by atoms with E-state index in [1.807, 2.05) is 20.8 Å². The van der Waals surface area contributed by atoms with Crippen LogP contribution in [0.5, 0.6) is 0 Å². The minimum absolute atomic E-state index is 0.236. The molecule has 0 fully saturated rings. The highest BCUT2D eigenvalue weighted by atomic mass is 16.3. The molecule has 9 heteroatoms. The van der Waals surface area contributed by atoms with Crippen molar-refractivity contribution in [2.75, 3.05) is 10.6 Å². The lowest BCUT2D eigenvalue weighted by Crippen LogP contribution is -2.28. The van der Waals surface area contributed by atoms with E-state index >= 15 is 0 Å². The van der Waals surface area contributed by atoms with Crippen molar-refractivity contribution in [2.24, 2.45) is 0 Å². The maximum atomic E-state index is 11.4. The third-order valence-electron chi connectivity index (χ3n) is 2.72. The summed E-state index contributed by atoms with van der Waals surface area (Å²) in [7, 11) is 0. The van der Waals surface area contributed by atoms with Crippen LogP contribution in [-0.4, -0.2) is 36.0 Å². The number of furan rings is 1. The van der Waals surface area contributed by atoms with Gasteiger partial charge in [0.05, 0.1) is 6.26 Å². The number of nitrogens with zero attached hydrogens (tertiary/aromatic N) is 5. The molecule has 120 valence electrons. The minimum Gasteiger partial charge on any atom is -0.461 e. The Morgan fingerprint density at radius 2 is 2.04 bits per heavy atom. The standard InChI is InChI=1S/C14H17N7O2/c1-8(22)15-12-17-11(19-14(2,3)4)18-13-16-10(20-21(12)13)9-6-5-7-23-9/h5-7H,1-4H3,(H2,15,16,17,18,19,20,22). The van der Waals surface area contributed by atoms with Crippen molar-refractivity contribution in [3.8, 4) is 11.6 Å². The monoisotopic (exact) mass is 315 g/mol. The molecular formula is C14H17N7O2. The molecule has 3 aromatic heterocycles. The lowest BCUT2D eigenvalue weighted by molar-refractivity contribution is -0.114. The Balaban J connectivity index is 2.12. The van der Waals surface area contributed by atoms with E-state index < -0.39 is 0 Å². The molecule has 3 rings (SSSR count). The molecule has 23 heavy (non-hydrogen) atoms. The third-order valence-corrected chi connectivity index (χ3v) is 2.72. The van der Waals surface area contributed by atoms with Crippen LogP contribution in [0.2, 0.25) is 0 Å². The Bertz CT molecular complexity index is 846. The number of carbonyl (C=O) groups is 1. The summed E-state index contributed by atoms with van der Waals surface area (Å²) in [6.07, 6.45) is 1.54. The number of aromatic nitrogens is 5. The highest BCUT2D eigenvalue weighted by Crippen LogP contribution is 2.19. The molecule has 0 radical (unpaired) electrons. The second-order valence-electron chi connectivity index (χ2n) is 6.05. The van der Waals surface area contributed by atoms with Gasteiger partial charge in [-0.25, -0.2) is 0 Å². The summed E-state index contributed by atoms with van der Waals surface area (Å²) < 4.78 is 6.66. The average molecular weight is 315 g/mol. The van der Waals surface area contributed by atoms with Crippen LogP contribution in [0.4, 0.5) is 11.9 Å². The van der Waals surface area contributed by atoms with E-state index in [0.29, 0.717) is 23.3 Å². The molecule has 0 spiro atoms. The van der Waals surface area contributed by atoms with Gasteiger partial charge in [-0.15, -0.1) is 5.10 Å². The Labute approximate surface area is 132 Å². The molecule has 0 saturated carbocycles. The lowest BCUT2D eigenvalue weighted by atomic mass is 10.1. The van der Waals surface area contributed by atoms with Gasteiger partial charge in [0.1, 0.15) is 0 Å². The van der Waals surface area contributed by atoms with Gasteiger partial charge in [-0.1, -0.05) is 0 Å². The van der Waals surface area contributed by atoms with E-state index in [2.05, 4.69) is 30.7 Å². The SMILES string of the molecule is CC(=O)Nc1nc(NC(C)(C)C)nc2nc(-c3ccco3)nn12. The average Bonchev–Trinajstić information content (AvgIpc) is 3.03. The van der Waals surface area contributed by atoms with Crippen molar-refractivity contribution >= 4 is 23.6 Å². The zero-order valence-corrected chi connectivity index (χ0v) is 13.3. The number of nitrogens with one attached hydrogen (secondary N) is 2. The summed E-state index contributed by atoms with van der Waals surface area (Å²) in [6.45, 7) is 7.35. The van der Waals surface area contributed by atoms with Crippen LogP contribution in [0.1, 0.15) is 27.7 Å². The van der Waals surface area contributed by atoms with Crippen molar-refractivity contribution in [1.29, 1.82) is 0 Å². The van der Waals surface area contributed by atoms with Crippen molar-refractivity contribution in [3.63, 3.8) is 0 Å². The van der Waals surface area contributed by atoms with Gasteiger partial charge in [0, 0.05) is 12.5 Å². The second-order valence-corrected chi connectivity index (χ2v) is 6.05. The summed E-state index contributed by atoms with van der Waals surface area (Å²) in [5, 5.41) is 10.1. The van der Waals surface area contributed by atoms with E-state index in [9.17, 15) is 4.79 Å². The molecule has 0 aromatic carbocycles. The molecule has 0 aliphatic rings. The van der Waals surface area contributed by atoms with Crippen LogP contribution in [0, 0.1) is 0 Å². The van der Waals surface area contributed by atoms with E-state index in [1.165, 1.54) is 17.7 Å². The first-order chi connectivity index (χ1) is 10.8. The molecule has 3 heterocycles. The Morgan fingerprint density at radius 1 is 1.26 bits per heavy atom. The minimum atomic E-state index is -0.262. The summed E-state index contributed by atoms with van der Waals surface area (Å²) in [5.74, 6) is 1.51. The van der Waals surface area contributed by atoms with Crippen molar-refractivity contribution in [1.82, 2.24) is 24.6 Å². The fourth-order valence-electron chi connectivity index (χ4n) is 1.93. The molecule has 0 atom stereocenters. The van der Waals surface area contributed by atoms with E-state index in [0.717, 1.165) is 0 Å². The normalized spacial score (nSPS) is 11.7. The Hall–Kier alpha value is -2.97. The molecular weight excluding hydrogens is 298 g/mol. The van der Waals surface area contributed by atoms with Crippen LogP contribution in [0.15, 0.2) is 22.8 Å². The number of hydrogen-bond acceptors (Lipinski definition) is 7. The van der Waals surface area contributed by atoms with E-state index in [-0.39, 0.29) is 17.4 Å². The summed E-state index contributed by atoms with van der Waals surface area (Å²) in [6, 6.07) is 3.49. The Kier molecular flexibility index (Phi) is 3.47. The number of anilines is 2. The van der Waals surface area contributed by atoms with Gasteiger partial charge in [0.15, 0.2) is 5.76 Å². The highest BCUT2D eigenvalue weighted by molar-refractivity contribution is 5.87. The smallest absolute Gasteiger partial charge is 0.259 e. The number of hydrogen-bond donors (Lipinski definition) is 2. The predicted molar refractivity (Wildman–Crippen MR) is 84.0 cm³/mol. The zero-order chi connectivity index (χ0) is 16.6. The summed E-state index contributed by atoms with van der Waals surface area (Å²) >= 11 is 0. The maximum Gasteiger partial charge on any atom is 0.259 e. The Morgan fingerprint density at radius 3 is 2.65 bits per heavy atom. The molecule has 0 unspecified atom stereocenters. The molecule has 0 bridgehead atoms. The van der Waals surface area contributed by atoms with Crippen molar-refractivity contribution < 1.29 is 9.21 Å². The maximum absolute atomic E-state index is 11.4. The second kappa shape index (κ2) is 5.34. The first-order valence-corrected chi connectivity index (χ1v) is 7.06. The summed E-state index contributed by atoms with van der Waals surface area (Å²) in [4.78, 5) is 24.4. The fourth-order valence-corrected chi connectivity index (χ4v) is 1.93. The number of rotatable bonds is 3. The molecule has 2 N–H and O–H groups in total. The van der Waals surface area contributed by atoms with Gasteiger partial charge < -0.3 is 9.73 Å². The number of fused-ring (bicyclic) bond motifs is 1. The molecule has 9 nitrogen and oxygen atoms in total. The predicted octanol–water partition coefficient (Wildman–Crippen LogP) is 1.95. The molecule has 0 saturated heterocycles. The van der Waals surface area contributed by atoms with Gasteiger partial charge in [-0.05, 0) is 32.9 Å². The van der Waals surface area contributed by atoms with Crippen LogP contribution in [0.3, 0.4) is 0 Å². The van der Waals surface area contributed by atoms with Gasteiger partial charge in [0.2, 0.25) is 23.6 Å². The van der Waals surface area contributed by atoms with Gasteiger partial charge >= 0.3 is 0 Å². The largest absolute Gasteiger partial charge is 0.461 e. The van der Waals surface area contributed by atoms with Crippen LogP contribution in [0.25, 0.3) is 17.4 Å². The molecule has 0 aliphatic heterocycles. The highest BCUT2D eigenvalue weighted by Gasteiger charge is 2.18. The zero-order valence-electron chi connectivity index (χ0n) is 13.3. The first-order valence-electron chi connectivity index (χ1n) is 7.06. The van der Waals surface area contributed by atoms with Gasteiger partial charge in [-0.3, -0.25) is 10.1 Å². The van der Waals surface area contributed by atoms with Crippen molar-refractivity contribution in [3.05, 3.63) is 18.4 Å². The van der Waals surface area contributed by atoms with Gasteiger partial charge in [-0.2, -0.15) is 19.5 Å². The third kappa shape index (κ3) is 3.28. The molecule has 1 amide bonds.